The molecule has 0 spiro atoms. The third-order valence-corrected chi connectivity index (χ3v) is 7.68. The Bertz CT molecular complexity index is 1200. The van der Waals surface area contributed by atoms with Gasteiger partial charge in [-0.15, -0.1) is 11.3 Å². The molecule has 170 valence electrons. The molecule has 0 atom stereocenters. The normalized spacial score (nSPS) is 14.6. The second kappa shape index (κ2) is 9.94. The third kappa shape index (κ3) is 5.05. The monoisotopic (exact) mass is 479 g/mol. The summed E-state index contributed by atoms with van der Waals surface area (Å²) in [5, 5.41) is 1.94. The molecule has 3 heterocycles. The maximum absolute atomic E-state index is 12.8. The lowest BCUT2D eigenvalue weighted by atomic mass is 10.3. The highest BCUT2D eigenvalue weighted by molar-refractivity contribution is 7.99. The van der Waals surface area contributed by atoms with Crippen LogP contribution in [0.15, 0.2) is 66.1 Å². The number of thioether (sulfide) groups is 1. The predicted molar refractivity (Wildman–Crippen MR) is 132 cm³/mol. The lowest BCUT2D eigenvalue weighted by molar-refractivity contribution is -0.130. The molecule has 5 rings (SSSR count). The Balaban J connectivity index is 1.12. The predicted octanol–water partition coefficient (Wildman–Crippen LogP) is 3.93. The summed E-state index contributed by atoms with van der Waals surface area (Å²) in [7, 11) is 1.65. The van der Waals surface area contributed by atoms with Crippen LogP contribution in [0.3, 0.4) is 0 Å². The van der Waals surface area contributed by atoms with Crippen LogP contribution >= 0.6 is 23.1 Å². The zero-order chi connectivity index (χ0) is 22.6. The van der Waals surface area contributed by atoms with E-state index < -0.39 is 0 Å². The van der Waals surface area contributed by atoms with Crippen LogP contribution in [-0.4, -0.2) is 69.3 Å². The van der Waals surface area contributed by atoms with Gasteiger partial charge in [-0.25, -0.2) is 9.97 Å². The van der Waals surface area contributed by atoms with Gasteiger partial charge in [-0.1, -0.05) is 23.9 Å². The van der Waals surface area contributed by atoms with Crippen molar-refractivity contribution in [3.8, 4) is 11.4 Å². The van der Waals surface area contributed by atoms with Crippen LogP contribution in [-0.2, 0) is 11.3 Å². The van der Waals surface area contributed by atoms with Crippen LogP contribution in [0.25, 0.3) is 15.9 Å². The van der Waals surface area contributed by atoms with E-state index in [4.69, 9.17) is 9.72 Å². The molecule has 1 aliphatic heterocycles. The summed E-state index contributed by atoms with van der Waals surface area (Å²) in [6.45, 7) is 4.07. The minimum absolute atomic E-state index is 0.156. The molecular formula is C24H25N5O2S2. The van der Waals surface area contributed by atoms with Gasteiger partial charge < -0.3 is 9.64 Å². The van der Waals surface area contributed by atoms with Crippen molar-refractivity contribution in [3.05, 3.63) is 65.9 Å². The molecule has 2 aromatic heterocycles. The Morgan fingerprint density at radius 2 is 1.88 bits per heavy atom. The van der Waals surface area contributed by atoms with Crippen molar-refractivity contribution in [3.63, 3.8) is 0 Å². The second-order valence-electron chi connectivity index (χ2n) is 7.80. The molecule has 0 N–H and O–H groups in total. The number of rotatable bonds is 7. The SMILES string of the molecule is COc1ccc(-n2ccnc2SCC(=O)N2CCN(Cc3nc4ccccc4s3)CC2)cc1. The number of aromatic nitrogens is 3. The quantitative estimate of drug-likeness (QED) is 0.374. The fourth-order valence-corrected chi connectivity index (χ4v) is 5.77. The van der Waals surface area contributed by atoms with Crippen molar-refractivity contribution in [1.82, 2.24) is 24.3 Å². The number of fused-ring (bicyclic) bond motifs is 1. The molecule has 1 aliphatic rings. The van der Waals surface area contributed by atoms with Gasteiger partial charge in [0.15, 0.2) is 5.16 Å². The summed E-state index contributed by atoms with van der Waals surface area (Å²) in [4.78, 5) is 26.3. The average molecular weight is 480 g/mol. The van der Waals surface area contributed by atoms with Gasteiger partial charge >= 0.3 is 0 Å². The number of hydrogen-bond donors (Lipinski definition) is 0. The summed E-state index contributed by atoms with van der Waals surface area (Å²) < 4.78 is 8.45. The summed E-state index contributed by atoms with van der Waals surface area (Å²) in [6, 6.07) is 16.1. The van der Waals surface area contributed by atoms with Gasteiger partial charge in [0.05, 0.1) is 29.6 Å². The molecule has 0 saturated carbocycles. The van der Waals surface area contributed by atoms with Crippen molar-refractivity contribution in [2.45, 2.75) is 11.7 Å². The smallest absolute Gasteiger partial charge is 0.233 e. The van der Waals surface area contributed by atoms with E-state index in [1.807, 2.05) is 46.0 Å². The van der Waals surface area contributed by atoms with Gasteiger partial charge in [0.2, 0.25) is 5.91 Å². The van der Waals surface area contributed by atoms with Crippen LogP contribution in [0.2, 0.25) is 0 Å². The Kier molecular flexibility index (Phi) is 6.61. The Morgan fingerprint density at radius 1 is 1.09 bits per heavy atom. The van der Waals surface area contributed by atoms with Gasteiger partial charge in [0, 0.05) is 44.3 Å². The zero-order valence-corrected chi connectivity index (χ0v) is 20.0. The minimum atomic E-state index is 0.156. The maximum atomic E-state index is 12.8. The number of benzene rings is 2. The van der Waals surface area contributed by atoms with E-state index in [2.05, 4.69) is 28.1 Å². The van der Waals surface area contributed by atoms with Gasteiger partial charge in [-0.2, -0.15) is 0 Å². The number of nitrogens with zero attached hydrogens (tertiary/aromatic N) is 5. The van der Waals surface area contributed by atoms with Crippen molar-refractivity contribution < 1.29 is 9.53 Å². The molecule has 0 radical (unpaired) electrons. The minimum Gasteiger partial charge on any atom is -0.497 e. The van der Waals surface area contributed by atoms with E-state index in [0.29, 0.717) is 5.75 Å². The van der Waals surface area contributed by atoms with Crippen LogP contribution in [0, 0.1) is 0 Å². The summed E-state index contributed by atoms with van der Waals surface area (Å²) >= 11 is 3.23. The van der Waals surface area contributed by atoms with E-state index >= 15 is 0 Å². The molecule has 7 nitrogen and oxygen atoms in total. The van der Waals surface area contributed by atoms with Crippen molar-refractivity contribution >= 4 is 39.2 Å². The third-order valence-electron chi connectivity index (χ3n) is 5.70. The average Bonchev–Trinajstić information content (AvgIpc) is 3.49. The molecule has 1 saturated heterocycles. The molecule has 0 bridgehead atoms. The first kappa shape index (κ1) is 21.9. The number of thiazole rings is 1. The fourth-order valence-electron chi connectivity index (χ4n) is 3.89. The Hall–Kier alpha value is -2.88. The summed E-state index contributed by atoms with van der Waals surface area (Å²) in [6.07, 6.45) is 3.67. The Labute approximate surface area is 201 Å². The number of ether oxygens (including phenoxy) is 1. The highest BCUT2D eigenvalue weighted by Gasteiger charge is 2.22. The van der Waals surface area contributed by atoms with Crippen molar-refractivity contribution in [2.24, 2.45) is 0 Å². The highest BCUT2D eigenvalue weighted by atomic mass is 32.2. The lowest BCUT2D eigenvalue weighted by Crippen LogP contribution is -2.48. The number of carbonyl (C=O) groups is 1. The van der Waals surface area contributed by atoms with Crippen molar-refractivity contribution in [1.29, 1.82) is 0 Å². The first-order valence-electron chi connectivity index (χ1n) is 10.8. The zero-order valence-electron chi connectivity index (χ0n) is 18.4. The number of carbonyl (C=O) groups excluding carboxylic acids is 1. The van der Waals surface area contributed by atoms with E-state index in [1.165, 1.54) is 16.5 Å². The van der Waals surface area contributed by atoms with Crippen LogP contribution in [0.1, 0.15) is 5.01 Å². The van der Waals surface area contributed by atoms with Gasteiger partial charge in [-0.3, -0.25) is 14.3 Å². The topological polar surface area (TPSA) is 63.5 Å². The van der Waals surface area contributed by atoms with Gasteiger partial charge in [-0.05, 0) is 36.4 Å². The number of imidazole rings is 1. The standard InChI is InChI=1S/C24H25N5O2S2/c1-31-19-8-6-18(7-9-19)29-11-10-25-24(29)32-17-23(30)28-14-12-27(13-15-28)16-22-26-20-4-2-3-5-21(20)33-22/h2-11H,12-17H2,1H3. The van der Waals surface area contributed by atoms with E-state index in [-0.39, 0.29) is 5.91 Å². The molecule has 33 heavy (non-hydrogen) atoms. The molecule has 1 amide bonds. The van der Waals surface area contributed by atoms with Gasteiger partial charge in [0.1, 0.15) is 10.8 Å². The molecule has 0 unspecified atom stereocenters. The van der Waals surface area contributed by atoms with Gasteiger partial charge in [0.25, 0.3) is 0 Å². The van der Waals surface area contributed by atoms with E-state index in [9.17, 15) is 4.79 Å². The molecule has 4 aromatic rings. The highest BCUT2D eigenvalue weighted by Crippen LogP contribution is 2.24. The van der Waals surface area contributed by atoms with Crippen LogP contribution < -0.4 is 4.74 Å². The first-order chi connectivity index (χ1) is 16.2. The van der Waals surface area contributed by atoms with Crippen LogP contribution in [0.5, 0.6) is 5.75 Å². The van der Waals surface area contributed by atoms with Crippen molar-refractivity contribution in [2.75, 3.05) is 39.0 Å². The fraction of sp³-hybridized carbons (Fsp3) is 0.292. The number of para-hydroxylation sites is 1. The maximum Gasteiger partial charge on any atom is 0.233 e. The summed E-state index contributed by atoms with van der Waals surface area (Å²) in [5.74, 6) is 1.35. The number of hydrogen-bond acceptors (Lipinski definition) is 7. The largest absolute Gasteiger partial charge is 0.497 e. The number of methoxy groups -OCH3 is 1. The van der Waals surface area contributed by atoms with E-state index in [1.54, 1.807) is 24.6 Å². The first-order valence-corrected chi connectivity index (χ1v) is 12.6. The molecule has 0 aliphatic carbocycles. The lowest BCUT2D eigenvalue weighted by Gasteiger charge is -2.34. The second-order valence-corrected chi connectivity index (χ2v) is 9.86. The molecule has 9 heteroatoms. The Morgan fingerprint density at radius 3 is 2.64 bits per heavy atom. The number of piperazine rings is 1. The summed E-state index contributed by atoms with van der Waals surface area (Å²) in [5.41, 5.74) is 2.06. The number of amides is 1. The molecule has 2 aromatic carbocycles. The molecule has 1 fully saturated rings. The molecular weight excluding hydrogens is 454 g/mol. The van der Waals surface area contributed by atoms with E-state index in [0.717, 1.165) is 59.8 Å². The van der Waals surface area contributed by atoms with Crippen LogP contribution in [0.4, 0.5) is 0 Å².